The minimum absolute atomic E-state index is 0.693. The molecular formula is C17H12N2O. The number of benzene rings is 2. The van der Waals surface area contributed by atoms with Gasteiger partial charge in [-0.15, -0.1) is 0 Å². The molecule has 0 fully saturated rings. The third kappa shape index (κ3) is 1.50. The van der Waals surface area contributed by atoms with E-state index in [1.54, 1.807) is 0 Å². The van der Waals surface area contributed by atoms with E-state index in [-0.39, 0.29) is 0 Å². The Hall–Kier alpha value is -2.81. The Morgan fingerprint density at radius 3 is 2.30 bits per heavy atom. The smallest absolute Gasteiger partial charge is 0.150 e. The van der Waals surface area contributed by atoms with Crippen molar-refractivity contribution in [1.82, 2.24) is 9.97 Å². The van der Waals surface area contributed by atoms with Crippen LogP contribution < -0.4 is 0 Å². The average Bonchev–Trinajstić information content (AvgIpc) is 3.09. The number of para-hydroxylation sites is 1. The van der Waals surface area contributed by atoms with Crippen LogP contribution in [-0.4, -0.2) is 16.3 Å². The number of fused-ring (bicyclic) bond motifs is 2. The number of aldehydes is 1. The third-order valence-electron chi connectivity index (χ3n) is 3.72. The number of aromatic amines is 2. The SMILES string of the molecule is O=Cc1ccc2[nH]cc(-c3c[nH]c4ccccc34)c2c1. The predicted molar refractivity (Wildman–Crippen MR) is 81.0 cm³/mol. The number of hydrogen-bond acceptors (Lipinski definition) is 1. The van der Waals surface area contributed by atoms with Crippen LogP contribution in [0.2, 0.25) is 0 Å². The van der Waals surface area contributed by atoms with E-state index in [9.17, 15) is 4.79 Å². The Bertz CT molecular complexity index is 930. The molecule has 4 rings (SSSR count). The Balaban J connectivity index is 2.04. The van der Waals surface area contributed by atoms with Crippen molar-refractivity contribution in [1.29, 1.82) is 0 Å². The maximum absolute atomic E-state index is 11.0. The van der Waals surface area contributed by atoms with E-state index in [1.807, 2.05) is 42.7 Å². The van der Waals surface area contributed by atoms with Crippen molar-refractivity contribution in [2.24, 2.45) is 0 Å². The van der Waals surface area contributed by atoms with E-state index in [2.05, 4.69) is 22.1 Å². The Morgan fingerprint density at radius 1 is 0.800 bits per heavy atom. The molecule has 3 heteroatoms. The van der Waals surface area contributed by atoms with Crippen molar-refractivity contribution in [3.8, 4) is 11.1 Å². The number of nitrogens with one attached hydrogen (secondary N) is 2. The molecule has 2 N–H and O–H groups in total. The zero-order chi connectivity index (χ0) is 13.5. The molecule has 0 saturated carbocycles. The first-order chi connectivity index (χ1) is 9.86. The van der Waals surface area contributed by atoms with E-state index >= 15 is 0 Å². The van der Waals surface area contributed by atoms with E-state index in [4.69, 9.17) is 0 Å². The summed E-state index contributed by atoms with van der Waals surface area (Å²) in [6.07, 6.45) is 4.89. The van der Waals surface area contributed by atoms with Crippen LogP contribution >= 0.6 is 0 Å². The fourth-order valence-electron chi connectivity index (χ4n) is 2.73. The summed E-state index contributed by atoms with van der Waals surface area (Å²) in [5, 5.41) is 2.25. The zero-order valence-electron chi connectivity index (χ0n) is 10.7. The Morgan fingerprint density at radius 2 is 1.50 bits per heavy atom. The summed E-state index contributed by atoms with van der Waals surface area (Å²) in [6, 6.07) is 13.9. The summed E-state index contributed by atoms with van der Waals surface area (Å²) in [6.45, 7) is 0. The molecule has 0 radical (unpaired) electrons. The molecule has 0 unspecified atom stereocenters. The summed E-state index contributed by atoms with van der Waals surface area (Å²) in [5.41, 5.74) is 5.11. The lowest BCUT2D eigenvalue weighted by atomic mass is 10.0. The molecule has 3 nitrogen and oxygen atoms in total. The van der Waals surface area contributed by atoms with Crippen LogP contribution in [0.25, 0.3) is 32.9 Å². The largest absolute Gasteiger partial charge is 0.361 e. The van der Waals surface area contributed by atoms with Gasteiger partial charge in [0.2, 0.25) is 0 Å². The molecule has 0 aliphatic rings. The van der Waals surface area contributed by atoms with Crippen molar-refractivity contribution in [2.45, 2.75) is 0 Å². The molecule has 96 valence electrons. The quantitative estimate of drug-likeness (QED) is 0.523. The molecule has 0 bridgehead atoms. The molecule has 2 heterocycles. The van der Waals surface area contributed by atoms with Crippen molar-refractivity contribution >= 4 is 28.1 Å². The number of hydrogen-bond donors (Lipinski definition) is 2. The second kappa shape index (κ2) is 4.10. The number of carbonyl (C=O) groups is 1. The maximum atomic E-state index is 11.0. The monoisotopic (exact) mass is 260 g/mol. The van der Waals surface area contributed by atoms with E-state index in [0.29, 0.717) is 5.56 Å². The molecule has 2 aromatic heterocycles. The first-order valence-electron chi connectivity index (χ1n) is 6.49. The normalized spacial score (nSPS) is 11.2. The molecule has 0 spiro atoms. The highest BCUT2D eigenvalue weighted by Gasteiger charge is 2.11. The van der Waals surface area contributed by atoms with Gasteiger partial charge < -0.3 is 9.97 Å². The Labute approximate surface area is 115 Å². The third-order valence-corrected chi connectivity index (χ3v) is 3.72. The number of aromatic nitrogens is 2. The van der Waals surface area contributed by atoms with Crippen LogP contribution in [0, 0.1) is 0 Å². The number of rotatable bonds is 2. The Kier molecular flexibility index (Phi) is 2.27. The van der Waals surface area contributed by atoms with E-state index in [1.165, 1.54) is 5.39 Å². The molecule has 2 aromatic carbocycles. The first-order valence-corrected chi connectivity index (χ1v) is 6.49. The summed E-state index contributed by atoms with van der Waals surface area (Å²) >= 11 is 0. The topological polar surface area (TPSA) is 48.6 Å². The van der Waals surface area contributed by atoms with E-state index < -0.39 is 0 Å². The molecule has 20 heavy (non-hydrogen) atoms. The van der Waals surface area contributed by atoms with Crippen LogP contribution in [0.4, 0.5) is 0 Å². The van der Waals surface area contributed by atoms with Gasteiger partial charge in [0.25, 0.3) is 0 Å². The number of H-pyrrole nitrogens is 2. The van der Waals surface area contributed by atoms with Crippen LogP contribution in [0.15, 0.2) is 54.9 Å². The summed E-state index contributed by atoms with van der Waals surface area (Å²) in [4.78, 5) is 17.5. The molecule has 0 atom stereocenters. The van der Waals surface area contributed by atoms with Gasteiger partial charge in [0.1, 0.15) is 6.29 Å². The van der Waals surface area contributed by atoms with Crippen molar-refractivity contribution in [3.63, 3.8) is 0 Å². The highest BCUT2D eigenvalue weighted by atomic mass is 16.1. The summed E-state index contributed by atoms with van der Waals surface area (Å²) in [7, 11) is 0. The second-order valence-corrected chi connectivity index (χ2v) is 4.87. The van der Waals surface area contributed by atoms with Gasteiger partial charge in [0, 0.05) is 50.9 Å². The van der Waals surface area contributed by atoms with Crippen LogP contribution in [0.3, 0.4) is 0 Å². The van der Waals surface area contributed by atoms with E-state index in [0.717, 1.165) is 33.8 Å². The predicted octanol–water partition coefficient (Wildman–Crippen LogP) is 4.13. The lowest BCUT2D eigenvalue weighted by molar-refractivity contribution is 0.112. The highest BCUT2D eigenvalue weighted by Crippen LogP contribution is 2.34. The van der Waals surface area contributed by atoms with Gasteiger partial charge in [0.15, 0.2) is 0 Å². The van der Waals surface area contributed by atoms with Gasteiger partial charge in [-0.2, -0.15) is 0 Å². The molecular weight excluding hydrogens is 248 g/mol. The minimum Gasteiger partial charge on any atom is -0.361 e. The van der Waals surface area contributed by atoms with Crippen LogP contribution in [0.5, 0.6) is 0 Å². The molecule has 0 saturated heterocycles. The fourth-order valence-corrected chi connectivity index (χ4v) is 2.73. The van der Waals surface area contributed by atoms with Crippen molar-refractivity contribution in [2.75, 3.05) is 0 Å². The van der Waals surface area contributed by atoms with Gasteiger partial charge in [-0.1, -0.05) is 18.2 Å². The summed E-state index contributed by atoms with van der Waals surface area (Å²) < 4.78 is 0. The summed E-state index contributed by atoms with van der Waals surface area (Å²) in [5.74, 6) is 0. The second-order valence-electron chi connectivity index (χ2n) is 4.87. The van der Waals surface area contributed by atoms with Gasteiger partial charge in [-0.25, -0.2) is 0 Å². The van der Waals surface area contributed by atoms with Gasteiger partial charge in [0.05, 0.1) is 0 Å². The molecule has 0 amide bonds. The van der Waals surface area contributed by atoms with Crippen LogP contribution in [-0.2, 0) is 0 Å². The first kappa shape index (κ1) is 11.1. The van der Waals surface area contributed by atoms with Gasteiger partial charge in [-0.05, 0) is 24.3 Å². The lowest BCUT2D eigenvalue weighted by Gasteiger charge is -1.98. The standard InChI is InChI=1S/C17H12N2O/c20-10-11-5-6-17-13(7-11)15(9-19-17)14-8-18-16-4-2-1-3-12(14)16/h1-10,18-19H. The van der Waals surface area contributed by atoms with Crippen molar-refractivity contribution in [3.05, 3.63) is 60.4 Å². The van der Waals surface area contributed by atoms with Crippen molar-refractivity contribution < 1.29 is 4.79 Å². The van der Waals surface area contributed by atoms with Crippen LogP contribution in [0.1, 0.15) is 10.4 Å². The molecule has 4 aromatic rings. The van der Waals surface area contributed by atoms with Gasteiger partial charge >= 0.3 is 0 Å². The van der Waals surface area contributed by atoms with Gasteiger partial charge in [-0.3, -0.25) is 4.79 Å². The zero-order valence-corrected chi connectivity index (χ0v) is 10.7. The fraction of sp³-hybridized carbons (Fsp3) is 0. The lowest BCUT2D eigenvalue weighted by Crippen LogP contribution is -1.79. The molecule has 0 aliphatic heterocycles. The molecule has 0 aliphatic carbocycles. The minimum atomic E-state index is 0.693. The highest BCUT2D eigenvalue weighted by molar-refractivity contribution is 6.05. The number of carbonyl (C=O) groups excluding carboxylic acids is 1. The maximum Gasteiger partial charge on any atom is 0.150 e. The average molecular weight is 260 g/mol.